The van der Waals surface area contributed by atoms with Crippen LogP contribution >= 0.6 is 0 Å². The largest absolute Gasteiger partial charge is 0.508 e. The summed E-state index contributed by atoms with van der Waals surface area (Å²) in [5.41, 5.74) is 9.81. The molecule has 0 atom stereocenters. The number of alkyl halides is 1. The second kappa shape index (κ2) is 15.2. The summed E-state index contributed by atoms with van der Waals surface area (Å²) in [7, 11) is 1.72. The van der Waals surface area contributed by atoms with E-state index in [1.165, 1.54) is 25.3 Å². The number of methoxy groups -OCH3 is 1. The van der Waals surface area contributed by atoms with E-state index in [1.807, 2.05) is 0 Å². The number of primary amides is 1. The second-order valence-corrected chi connectivity index (χ2v) is 13.1. The molecule has 11 nitrogen and oxygen atoms in total. The molecular formula is C38H39F4N7O4. The van der Waals surface area contributed by atoms with Gasteiger partial charge < -0.3 is 30.9 Å². The Kier molecular flexibility index (Phi) is 10.6. The van der Waals surface area contributed by atoms with Crippen LogP contribution < -0.4 is 25.8 Å². The van der Waals surface area contributed by atoms with E-state index in [2.05, 4.69) is 20.8 Å². The number of anilines is 1. The van der Waals surface area contributed by atoms with Crippen LogP contribution in [-0.4, -0.2) is 90.8 Å². The predicted molar refractivity (Wildman–Crippen MR) is 194 cm³/mol. The number of aliphatic imine (C=N–C) groups is 1. The van der Waals surface area contributed by atoms with Gasteiger partial charge in [-0.25, -0.2) is 13.2 Å². The molecule has 0 aliphatic carbocycles. The Morgan fingerprint density at radius 2 is 1.79 bits per heavy atom. The van der Waals surface area contributed by atoms with Crippen molar-refractivity contribution >= 4 is 39.1 Å². The number of amides is 1. The van der Waals surface area contributed by atoms with Crippen LogP contribution in [0.25, 0.3) is 32.8 Å². The van der Waals surface area contributed by atoms with E-state index in [1.54, 1.807) is 4.90 Å². The average Bonchev–Trinajstić information content (AvgIpc) is 3.65. The van der Waals surface area contributed by atoms with Crippen LogP contribution in [0.1, 0.15) is 37.7 Å². The number of phenolic OH excluding ortho intramolecular Hbond substituents is 1. The van der Waals surface area contributed by atoms with Gasteiger partial charge in [-0.05, 0) is 74.9 Å². The summed E-state index contributed by atoms with van der Waals surface area (Å²) >= 11 is 0. The Morgan fingerprint density at radius 1 is 1.06 bits per heavy atom. The van der Waals surface area contributed by atoms with Crippen LogP contribution in [-0.2, 0) is 4.79 Å². The lowest BCUT2D eigenvalue weighted by molar-refractivity contribution is -0.114. The van der Waals surface area contributed by atoms with Crippen LogP contribution in [0.5, 0.6) is 17.5 Å². The number of carbonyl (C=O) groups excluding carboxylic acids is 1. The lowest BCUT2D eigenvalue weighted by Gasteiger charge is -2.31. The van der Waals surface area contributed by atoms with Crippen molar-refractivity contribution in [2.75, 3.05) is 58.5 Å². The molecule has 0 bridgehead atoms. The lowest BCUT2D eigenvalue weighted by Crippen LogP contribution is -2.43. The Balaban J connectivity index is 0.00000236. The molecule has 4 heterocycles. The predicted octanol–water partition coefficient (Wildman–Crippen LogP) is 5.13. The fourth-order valence-corrected chi connectivity index (χ4v) is 7.71. The maximum Gasteiger partial charge on any atom is 0.319 e. The van der Waals surface area contributed by atoms with Crippen LogP contribution in [0, 0.1) is 29.8 Å². The lowest BCUT2D eigenvalue weighted by atomic mass is 9.92. The summed E-state index contributed by atoms with van der Waals surface area (Å²) < 4.78 is 70.6. The molecule has 4 aromatic rings. The maximum atomic E-state index is 17.2. The van der Waals surface area contributed by atoms with Crippen LogP contribution in [0.2, 0.25) is 0 Å². The van der Waals surface area contributed by atoms with Crippen molar-refractivity contribution in [3.8, 4) is 41.0 Å². The second-order valence-electron chi connectivity index (χ2n) is 13.1. The molecule has 7 rings (SSSR count). The first kappa shape index (κ1) is 37.1. The summed E-state index contributed by atoms with van der Waals surface area (Å²) in [5.74, 6) is -2.21. The van der Waals surface area contributed by atoms with E-state index in [0.717, 1.165) is 50.9 Å². The number of nitrogens with two attached hydrogens (primary N) is 2. The first-order valence-corrected chi connectivity index (χ1v) is 17.0. The number of ether oxygens (including phenoxy) is 2. The number of carbonyl (C=O) groups is 1. The number of rotatable bonds is 8. The fourth-order valence-electron chi connectivity index (χ4n) is 7.71. The Hall–Kier alpha value is -5.62. The van der Waals surface area contributed by atoms with Crippen molar-refractivity contribution in [2.24, 2.45) is 16.5 Å². The normalized spacial score (nSPS) is 17.1. The van der Waals surface area contributed by atoms with Crippen molar-refractivity contribution in [3.63, 3.8) is 0 Å². The van der Waals surface area contributed by atoms with Gasteiger partial charge in [-0.2, -0.15) is 9.97 Å². The third-order valence-electron chi connectivity index (χ3n) is 10.1. The Labute approximate surface area is 303 Å². The first-order valence-electron chi connectivity index (χ1n) is 17.0. The third-order valence-corrected chi connectivity index (χ3v) is 10.1. The van der Waals surface area contributed by atoms with Crippen molar-refractivity contribution < 1.29 is 36.9 Å². The molecule has 278 valence electrons. The number of halogens is 4. The molecule has 5 N–H and O–H groups in total. The Morgan fingerprint density at radius 3 is 2.47 bits per heavy atom. The van der Waals surface area contributed by atoms with E-state index < -0.39 is 34.7 Å². The number of hydrogen-bond donors (Lipinski definition) is 3. The van der Waals surface area contributed by atoms with Crippen molar-refractivity contribution in [2.45, 2.75) is 37.6 Å². The number of benzene rings is 3. The van der Waals surface area contributed by atoms with E-state index >= 15 is 13.2 Å². The van der Waals surface area contributed by atoms with E-state index in [9.17, 15) is 14.3 Å². The minimum absolute atomic E-state index is 0.0223. The first-order chi connectivity index (χ1) is 25.5. The van der Waals surface area contributed by atoms with E-state index in [0.29, 0.717) is 32.4 Å². The van der Waals surface area contributed by atoms with Gasteiger partial charge in [0, 0.05) is 24.0 Å². The molecule has 0 unspecified atom stereocenters. The van der Waals surface area contributed by atoms with E-state index in [-0.39, 0.29) is 74.8 Å². The zero-order valence-electron chi connectivity index (χ0n) is 29.3. The average molecular weight is 734 g/mol. The fraction of sp³-hybridized carbons (Fsp3) is 0.368. The van der Waals surface area contributed by atoms with Gasteiger partial charge in [-0.15, -0.1) is 6.42 Å². The van der Waals surface area contributed by atoms with Gasteiger partial charge in [-0.3, -0.25) is 19.1 Å². The number of hydrogen-bond acceptors (Lipinski definition) is 10. The molecule has 3 aliphatic heterocycles. The number of aromatic hydroxyl groups is 1. The molecule has 3 aliphatic rings. The summed E-state index contributed by atoms with van der Waals surface area (Å²) in [5, 5.41) is 10.8. The monoisotopic (exact) mass is 733 g/mol. The minimum atomic E-state index is -1.15. The van der Waals surface area contributed by atoms with Crippen molar-refractivity contribution in [1.29, 1.82) is 0 Å². The molecule has 2 fully saturated rings. The van der Waals surface area contributed by atoms with Gasteiger partial charge in [0.05, 0.1) is 54.3 Å². The number of phenols is 1. The summed E-state index contributed by atoms with van der Waals surface area (Å²) in [6.45, 7) is 2.94. The highest BCUT2D eigenvalue weighted by molar-refractivity contribution is 6.08. The Bertz CT molecular complexity index is 2190. The molecule has 15 heteroatoms. The zero-order chi connectivity index (χ0) is 38.0. The highest BCUT2D eigenvalue weighted by atomic mass is 19.1. The van der Waals surface area contributed by atoms with Gasteiger partial charge in [0.2, 0.25) is 0 Å². The molecule has 3 aromatic carbocycles. The quantitative estimate of drug-likeness (QED) is 0.127. The van der Waals surface area contributed by atoms with Crippen molar-refractivity contribution in [3.05, 3.63) is 59.1 Å². The summed E-state index contributed by atoms with van der Waals surface area (Å²) in [4.78, 5) is 29.6. The molecule has 0 radical (unpaired) electrons. The summed E-state index contributed by atoms with van der Waals surface area (Å²) in [6.07, 6.45) is 11.5. The highest BCUT2D eigenvalue weighted by Gasteiger charge is 2.45. The SMILES string of the molecule is C#Cc1c(F)ccc2cc(O)cc(-c3c(F)c(OC)c4c(N5CCCN=C(/C=C(\N)C(N)=O)C5)nc(OCC56CCCN5CCC6)nc4c3F)c12.CF. The summed E-state index contributed by atoms with van der Waals surface area (Å²) in [6, 6.07) is 4.79. The van der Waals surface area contributed by atoms with Gasteiger partial charge in [0.1, 0.15) is 29.5 Å². The number of nitrogens with zero attached hydrogens (tertiary/aromatic N) is 5. The smallest absolute Gasteiger partial charge is 0.319 e. The number of aromatic nitrogens is 2. The van der Waals surface area contributed by atoms with Gasteiger partial charge in [-0.1, -0.05) is 12.0 Å². The molecule has 1 aromatic heterocycles. The van der Waals surface area contributed by atoms with Crippen LogP contribution in [0.15, 0.2) is 41.0 Å². The van der Waals surface area contributed by atoms with Gasteiger partial charge in [0.15, 0.2) is 17.4 Å². The van der Waals surface area contributed by atoms with Gasteiger partial charge >= 0.3 is 6.01 Å². The minimum Gasteiger partial charge on any atom is -0.508 e. The maximum absolute atomic E-state index is 17.2. The van der Waals surface area contributed by atoms with Gasteiger partial charge in [0.25, 0.3) is 5.91 Å². The molecule has 0 saturated carbocycles. The standard InChI is InChI=1S/C37H36F3N7O4.CH3F/c1-3-23-25(38)8-7-20-15-22(48)17-24(27(20)23)28-30(39)32-29(33(50-2)31(28)40)35(46-12-6-11-43-21(18-46)16-26(41)34(42)49)45-36(44-32)51-19-37-9-4-13-47(37)14-5-10-37;1-2/h1,7-8,15-17,48H,4-6,9-14,18-19,41H2,2H3,(H2,42,49);1H3/b26-16-;. The molecule has 53 heavy (non-hydrogen) atoms. The molecule has 0 spiro atoms. The third kappa shape index (κ3) is 6.74. The molecule has 2 saturated heterocycles. The van der Waals surface area contributed by atoms with E-state index in [4.69, 9.17) is 32.3 Å². The number of fused-ring (bicyclic) bond motifs is 3. The molecular weight excluding hydrogens is 694 g/mol. The van der Waals surface area contributed by atoms with Crippen molar-refractivity contribution in [1.82, 2.24) is 14.9 Å². The van der Waals surface area contributed by atoms with Crippen LogP contribution in [0.3, 0.4) is 0 Å². The number of terminal acetylenes is 1. The topological polar surface area (TPSA) is 152 Å². The zero-order valence-corrected chi connectivity index (χ0v) is 29.3. The molecule has 1 amide bonds. The highest BCUT2D eigenvalue weighted by Crippen LogP contribution is 2.46. The van der Waals surface area contributed by atoms with Crippen LogP contribution in [0.4, 0.5) is 23.4 Å².